The van der Waals surface area contributed by atoms with Crippen molar-refractivity contribution in [3.8, 4) is 5.75 Å². The van der Waals surface area contributed by atoms with Crippen LogP contribution in [0, 0.1) is 6.92 Å². The third-order valence-corrected chi connectivity index (χ3v) is 5.09. The Balaban J connectivity index is 2.00. The lowest BCUT2D eigenvalue weighted by Crippen LogP contribution is -2.45. The van der Waals surface area contributed by atoms with Gasteiger partial charge in [0, 0.05) is 23.0 Å². The molecule has 1 saturated carbocycles. The van der Waals surface area contributed by atoms with Gasteiger partial charge in [-0.3, -0.25) is 0 Å². The molecule has 1 aromatic carbocycles. The van der Waals surface area contributed by atoms with Crippen molar-refractivity contribution in [1.29, 1.82) is 0 Å². The predicted molar refractivity (Wildman–Crippen MR) is 79.1 cm³/mol. The summed E-state index contributed by atoms with van der Waals surface area (Å²) in [5, 5.41) is 4.28. The minimum Gasteiger partial charge on any atom is -0.487 e. The number of aryl methyl sites for hydroxylation is 1. The standard InChI is InChI=1S/C16H22ClNO/c1-11-8-15-12(9-13(11)17)14(18-2)10-16(19-15)6-4-3-5-7-16/h8-9,14,18H,3-7,10H2,1-2H3. The van der Waals surface area contributed by atoms with Gasteiger partial charge < -0.3 is 10.1 Å². The number of fused-ring (bicyclic) bond motifs is 1. The number of ether oxygens (including phenoxy) is 1. The summed E-state index contributed by atoms with van der Waals surface area (Å²) in [6.45, 7) is 2.04. The molecule has 1 aliphatic carbocycles. The van der Waals surface area contributed by atoms with E-state index < -0.39 is 0 Å². The van der Waals surface area contributed by atoms with E-state index in [-0.39, 0.29) is 5.60 Å². The third-order valence-electron chi connectivity index (χ3n) is 4.68. The molecule has 1 aromatic rings. The fourth-order valence-corrected chi connectivity index (χ4v) is 3.72. The van der Waals surface area contributed by atoms with E-state index in [1.165, 1.54) is 37.7 Å². The van der Waals surface area contributed by atoms with Gasteiger partial charge in [0.05, 0.1) is 0 Å². The molecule has 19 heavy (non-hydrogen) atoms. The van der Waals surface area contributed by atoms with E-state index in [0.717, 1.165) is 22.8 Å². The highest BCUT2D eigenvalue weighted by Gasteiger charge is 2.41. The summed E-state index contributed by atoms with van der Waals surface area (Å²) in [6.07, 6.45) is 7.37. The maximum atomic E-state index is 6.43. The maximum Gasteiger partial charge on any atom is 0.125 e. The van der Waals surface area contributed by atoms with Crippen LogP contribution < -0.4 is 10.1 Å². The van der Waals surface area contributed by atoms with Crippen LogP contribution in [0.25, 0.3) is 0 Å². The van der Waals surface area contributed by atoms with Crippen LogP contribution in [0.3, 0.4) is 0 Å². The molecule has 0 aromatic heterocycles. The number of rotatable bonds is 1. The molecule has 2 aliphatic rings. The van der Waals surface area contributed by atoms with Crippen LogP contribution >= 0.6 is 11.6 Å². The highest BCUT2D eigenvalue weighted by atomic mass is 35.5. The van der Waals surface area contributed by atoms with E-state index >= 15 is 0 Å². The van der Waals surface area contributed by atoms with E-state index in [1.807, 2.05) is 14.0 Å². The van der Waals surface area contributed by atoms with Gasteiger partial charge in [-0.05, 0) is 57.4 Å². The monoisotopic (exact) mass is 279 g/mol. The Morgan fingerprint density at radius 3 is 2.68 bits per heavy atom. The highest BCUT2D eigenvalue weighted by molar-refractivity contribution is 6.31. The first-order valence-electron chi connectivity index (χ1n) is 7.30. The molecule has 1 unspecified atom stereocenters. The molecule has 0 amide bonds. The van der Waals surface area contributed by atoms with E-state index in [1.54, 1.807) is 0 Å². The zero-order valence-electron chi connectivity index (χ0n) is 11.8. The first-order chi connectivity index (χ1) is 9.13. The zero-order valence-corrected chi connectivity index (χ0v) is 12.5. The van der Waals surface area contributed by atoms with Crippen LogP contribution in [-0.2, 0) is 0 Å². The van der Waals surface area contributed by atoms with Gasteiger partial charge in [-0.2, -0.15) is 0 Å². The number of nitrogens with one attached hydrogen (secondary N) is 1. The van der Waals surface area contributed by atoms with Crippen LogP contribution in [0.15, 0.2) is 12.1 Å². The number of halogens is 1. The minimum absolute atomic E-state index is 0.0548. The number of benzene rings is 1. The van der Waals surface area contributed by atoms with E-state index in [0.29, 0.717) is 6.04 Å². The van der Waals surface area contributed by atoms with Crippen LogP contribution in [0.5, 0.6) is 5.75 Å². The van der Waals surface area contributed by atoms with Crippen molar-refractivity contribution < 1.29 is 4.74 Å². The van der Waals surface area contributed by atoms with Crippen molar-refractivity contribution in [3.63, 3.8) is 0 Å². The molecule has 1 atom stereocenters. The molecule has 0 radical (unpaired) electrons. The number of hydrogen-bond acceptors (Lipinski definition) is 2. The lowest BCUT2D eigenvalue weighted by atomic mass is 9.77. The van der Waals surface area contributed by atoms with Gasteiger partial charge in [0.15, 0.2) is 0 Å². The van der Waals surface area contributed by atoms with Crippen molar-refractivity contribution in [2.75, 3.05) is 7.05 Å². The molecule has 1 fully saturated rings. The average Bonchev–Trinajstić information content (AvgIpc) is 2.41. The SMILES string of the molecule is CNC1CC2(CCCCC2)Oc2cc(C)c(Cl)cc21. The Hall–Kier alpha value is -0.730. The fourth-order valence-electron chi connectivity index (χ4n) is 3.55. The van der Waals surface area contributed by atoms with Crippen molar-refractivity contribution in [2.24, 2.45) is 0 Å². The molecular weight excluding hydrogens is 258 g/mol. The molecule has 1 N–H and O–H groups in total. The van der Waals surface area contributed by atoms with Crippen LogP contribution in [-0.4, -0.2) is 12.6 Å². The van der Waals surface area contributed by atoms with Crippen molar-refractivity contribution in [3.05, 3.63) is 28.3 Å². The summed E-state index contributed by atoms with van der Waals surface area (Å²) in [5.41, 5.74) is 2.37. The molecule has 104 valence electrons. The summed E-state index contributed by atoms with van der Waals surface area (Å²) in [4.78, 5) is 0. The molecule has 0 saturated heterocycles. The molecule has 1 heterocycles. The molecule has 3 rings (SSSR count). The smallest absolute Gasteiger partial charge is 0.125 e. The number of hydrogen-bond donors (Lipinski definition) is 1. The first-order valence-corrected chi connectivity index (χ1v) is 7.68. The summed E-state index contributed by atoms with van der Waals surface area (Å²) in [5.74, 6) is 1.04. The summed E-state index contributed by atoms with van der Waals surface area (Å²) < 4.78 is 6.43. The average molecular weight is 280 g/mol. The Labute approximate surface area is 120 Å². The molecular formula is C16H22ClNO. The Morgan fingerprint density at radius 2 is 2.00 bits per heavy atom. The second-order valence-corrected chi connectivity index (χ2v) is 6.44. The van der Waals surface area contributed by atoms with E-state index in [4.69, 9.17) is 16.3 Å². The quantitative estimate of drug-likeness (QED) is 0.823. The third kappa shape index (κ3) is 2.36. The molecule has 3 heteroatoms. The normalized spacial score (nSPS) is 24.9. The van der Waals surface area contributed by atoms with Gasteiger partial charge >= 0.3 is 0 Å². The highest BCUT2D eigenvalue weighted by Crippen LogP contribution is 2.47. The van der Waals surface area contributed by atoms with E-state index in [9.17, 15) is 0 Å². The van der Waals surface area contributed by atoms with Gasteiger partial charge in [0.25, 0.3) is 0 Å². The topological polar surface area (TPSA) is 21.3 Å². The largest absolute Gasteiger partial charge is 0.487 e. The first kappa shape index (κ1) is 13.3. The van der Waals surface area contributed by atoms with Crippen molar-refractivity contribution in [1.82, 2.24) is 5.32 Å². The zero-order chi connectivity index (χ0) is 13.5. The molecule has 0 bridgehead atoms. The Morgan fingerprint density at radius 1 is 1.26 bits per heavy atom. The van der Waals surface area contributed by atoms with Crippen molar-refractivity contribution in [2.45, 2.75) is 57.1 Å². The summed E-state index contributed by atoms with van der Waals surface area (Å²) in [7, 11) is 2.03. The molecule has 1 aliphatic heterocycles. The van der Waals surface area contributed by atoms with Gasteiger partial charge in [0.1, 0.15) is 11.4 Å². The van der Waals surface area contributed by atoms with Gasteiger partial charge in [-0.15, -0.1) is 0 Å². The molecule has 2 nitrogen and oxygen atoms in total. The molecule has 1 spiro atoms. The van der Waals surface area contributed by atoms with Gasteiger partial charge in [-0.1, -0.05) is 18.0 Å². The van der Waals surface area contributed by atoms with Gasteiger partial charge in [-0.25, -0.2) is 0 Å². The van der Waals surface area contributed by atoms with Crippen LogP contribution in [0.2, 0.25) is 5.02 Å². The van der Waals surface area contributed by atoms with Crippen molar-refractivity contribution >= 4 is 11.6 Å². The van der Waals surface area contributed by atoms with Gasteiger partial charge in [0.2, 0.25) is 0 Å². The lowest BCUT2D eigenvalue weighted by Gasteiger charge is -2.44. The fraction of sp³-hybridized carbons (Fsp3) is 0.625. The van der Waals surface area contributed by atoms with E-state index in [2.05, 4.69) is 17.4 Å². The van der Waals surface area contributed by atoms with Crippen LogP contribution in [0.4, 0.5) is 0 Å². The minimum atomic E-state index is 0.0548. The second kappa shape index (κ2) is 4.99. The Bertz CT molecular complexity index is 480. The maximum absolute atomic E-state index is 6.43. The predicted octanol–water partition coefficient (Wildman–Crippen LogP) is 4.39. The summed E-state index contributed by atoms with van der Waals surface area (Å²) >= 11 is 6.26. The second-order valence-electron chi connectivity index (χ2n) is 6.03. The summed E-state index contributed by atoms with van der Waals surface area (Å²) in [6, 6.07) is 4.54. The van der Waals surface area contributed by atoms with Crippen LogP contribution in [0.1, 0.15) is 55.7 Å². The lowest BCUT2D eigenvalue weighted by molar-refractivity contribution is -0.00179. The Kier molecular flexibility index (Phi) is 3.48.